The van der Waals surface area contributed by atoms with E-state index in [2.05, 4.69) is 32.0 Å². The predicted molar refractivity (Wildman–Crippen MR) is 119 cm³/mol. The molecule has 29 heavy (non-hydrogen) atoms. The molecule has 0 saturated heterocycles. The van der Waals surface area contributed by atoms with Crippen molar-refractivity contribution in [2.24, 2.45) is 0 Å². The summed E-state index contributed by atoms with van der Waals surface area (Å²) >= 11 is 1.44. The fourth-order valence-electron chi connectivity index (χ4n) is 3.39. The highest BCUT2D eigenvalue weighted by Crippen LogP contribution is 2.37. The first-order chi connectivity index (χ1) is 14.0. The van der Waals surface area contributed by atoms with Crippen LogP contribution in [0.15, 0.2) is 53.6 Å². The van der Waals surface area contributed by atoms with E-state index in [4.69, 9.17) is 15.1 Å². The normalized spacial score (nSPS) is 14.0. The highest BCUT2D eigenvalue weighted by Gasteiger charge is 2.32. The first kappa shape index (κ1) is 19.2. The Bertz CT molecular complexity index is 1120. The van der Waals surface area contributed by atoms with E-state index < -0.39 is 0 Å². The molecule has 1 aliphatic heterocycles. The summed E-state index contributed by atoms with van der Waals surface area (Å²) in [6.45, 7) is 6.87. The van der Waals surface area contributed by atoms with E-state index in [0.717, 1.165) is 16.9 Å². The van der Waals surface area contributed by atoms with Crippen molar-refractivity contribution >= 4 is 28.4 Å². The highest BCUT2D eigenvalue weighted by molar-refractivity contribution is 7.11. The zero-order valence-corrected chi connectivity index (χ0v) is 17.5. The summed E-state index contributed by atoms with van der Waals surface area (Å²) < 4.78 is 5.71. The number of thiazole rings is 1. The number of nitrogens with one attached hydrogen (secondary N) is 1. The largest absolute Gasteiger partial charge is 0.510 e. The molecule has 0 unspecified atom stereocenters. The molecule has 1 aliphatic rings. The minimum absolute atomic E-state index is 0.155. The van der Waals surface area contributed by atoms with E-state index in [1.165, 1.54) is 22.5 Å². The second-order valence-electron chi connectivity index (χ2n) is 6.99. The van der Waals surface area contributed by atoms with Crippen molar-refractivity contribution in [3.8, 4) is 17.0 Å². The molecule has 0 bridgehead atoms. The van der Waals surface area contributed by atoms with Gasteiger partial charge in [0.05, 0.1) is 30.1 Å². The zero-order valence-electron chi connectivity index (χ0n) is 16.7. The molecule has 0 fully saturated rings. The molecule has 1 aromatic heterocycles. The number of anilines is 1. The topological polar surface area (TPSA) is 69.4 Å². The average molecular weight is 406 g/mol. The van der Waals surface area contributed by atoms with Gasteiger partial charge in [-0.2, -0.15) is 0 Å². The second kappa shape index (κ2) is 7.72. The number of benzene rings is 2. The summed E-state index contributed by atoms with van der Waals surface area (Å²) in [4.78, 5) is 6.48. The van der Waals surface area contributed by atoms with Gasteiger partial charge in [0.2, 0.25) is 0 Å². The number of aryl methyl sites for hydroxylation is 2. The number of aromatic nitrogens is 1. The standard InChI is InChI=1S/C23H23N3O2S/c1-4-28-20-8-6-5-7-18(20)26-12-19(27)21(22(26)24)23-25-17(13-29-23)16-10-9-14(2)15(3)11-16/h5-11,13,24,27H,4,12H2,1-3H3. The third kappa shape index (κ3) is 3.51. The Morgan fingerprint density at radius 3 is 2.72 bits per heavy atom. The number of aliphatic hydroxyl groups is 1. The molecule has 2 heterocycles. The smallest absolute Gasteiger partial charge is 0.142 e. The van der Waals surface area contributed by atoms with Crippen LogP contribution >= 0.6 is 11.3 Å². The molecular formula is C23H23N3O2S. The van der Waals surface area contributed by atoms with Crippen molar-refractivity contribution in [1.82, 2.24) is 4.98 Å². The molecule has 2 aromatic carbocycles. The van der Waals surface area contributed by atoms with E-state index in [-0.39, 0.29) is 18.1 Å². The molecule has 0 atom stereocenters. The van der Waals surface area contributed by atoms with Crippen LogP contribution in [0.2, 0.25) is 0 Å². The summed E-state index contributed by atoms with van der Waals surface area (Å²) in [6.07, 6.45) is 0. The quantitative estimate of drug-likeness (QED) is 0.580. The van der Waals surface area contributed by atoms with E-state index in [9.17, 15) is 5.11 Å². The van der Waals surface area contributed by atoms with Gasteiger partial charge in [0, 0.05) is 10.9 Å². The molecule has 0 amide bonds. The molecule has 0 aliphatic carbocycles. The number of hydrogen-bond acceptors (Lipinski definition) is 5. The van der Waals surface area contributed by atoms with E-state index >= 15 is 0 Å². The van der Waals surface area contributed by atoms with Crippen LogP contribution in [0.25, 0.3) is 16.8 Å². The molecule has 5 nitrogen and oxygen atoms in total. The number of aliphatic hydroxyl groups excluding tert-OH is 1. The minimum Gasteiger partial charge on any atom is -0.510 e. The van der Waals surface area contributed by atoms with Gasteiger partial charge in [-0.05, 0) is 50.1 Å². The third-order valence-corrected chi connectivity index (χ3v) is 5.94. The summed E-state index contributed by atoms with van der Waals surface area (Å²) in [5.41, 5.74) is 5.61. The first-order valence-corrected chi connectivity index (χ1v) is 10.4. The Morgan fingerprint density at radius 1 is 1.17 bits per heavy atom. The van der Waals surface area contributed by atoms with Gasteiger partial charge in [-0.1, -0.05) is 24.3 Å². The number of nitrogens with zero attached hydrogens (tertiary/aromatic N) is 2. The van der Waals surface area contributed by atoms with E-state index in [1.807, 2.05) is 36.6 Å². The minimum atomic E-state index is 0.155. The SMILES string of the molecule is CCOc1ccccc1N1CC(O)=C(c2nc(-c3ccc(C)c(C)c3)cs2)C1=N. The van der Waals surface area contributed by atoms with Gasteiger partial charge in [-0.25, -0.2) is 4.98 Å². The maximum Gasteiger partial charge on any atom is 0.142 e. The number of amidine groups is 1. The lowest BCUT2D eigenvalue weighted by Gasteiger charge is -2.21. The van der Waals surface area contributed by atoms with E-state index in [1.54, 1.807) is 4.90 Å². The van der Waals surface area contributed by atoms with Gasteiger partial charge >= 0.3 is 0 Å². The van der Waals surface area contributed by atoms with Crippen molar-refractivity contribution in [3.63, 3.8) is 0 Å². The molecule has 6 heteroatoms. The van der Waals surface area contributed by atoms with Crippen LogP contribution < -0.4 is 9.64 Å². The lowest BCUT2D eigenvalue weighted by Crippen LogP contribution is -2.26. The molecular weight excluding hydrogens is 382 g/mol. The van der Waals surface area contributed by atoms with Gasteiger partial charge < -0.3 is 14.7 Å². The molecule has 4 rings (SSSR count). The second-order valence-corrected chi connectivity index (χ2v) is 7.85. The van der Waals surface area contributed by atoms with Crippen LogP contribution in [0.4, 0.5) is 5.69 Å². The maximum absolute atomic E-state index is 10.6. The van der Waals surface area contributed by atoms with Crippen molar-refractivity contribution in [1.29, 1.82) is 5.41 Å². The number of rotatable bonds is 5. The molecule has 3 aromatic rings. The summed E-state index contributed by atoms with van der Waals surface area (Å²) in [7, 11) is 0. The van der Waals surface area contributed by atoms with Crippen LogP contribution in [-0.4, -0.2) is 29.1 Å². The molecule has 148 valence electrons. The first-order valence-electron chi connectivity index (χ1n) is 9.53. The van der Waals surface area contributed by atoms with Crippen molar-refractivity contribution < 1.29 is 9.84 Å². The summed E-state index contributed by atoms with van der Waals surface area (Å²) in [5, 5.41) is 22.0. The van der Waals surface area contributed by atoms with Gasteiger partial charge in [0.25, 0.3) is 0 Å². The predicted octanol–water partition coefficient (Wildman–Crippen LogP) is 5.59. The van der Waals surface area contributed by atoms with Crippen LogP contribution in [0, 0.1) is 19.3 Å². The van der Waals surface area contributed by atoms with Gasteiger partial charge in [-0.3, -0.25) is 5.41 Å². The highest BCUT2D eigenvalue weighted by atomic mass is 32.1. The number of ether oxygens (including phenoxy) is 1. The fourth-order valence-corrected chi connectivity index (χ4v) is 4.28. The number of para-hydroxylation sites is 2. The monoisotopic (exact) mass is 405 g/mol. The Labute approximate surface area is 174 Å². The maximum atomic E-state index is 10.6. The van der Waals surface area contributed by atoms with Crippen molar-refractivity contribution in [3.05, 3.63) is 69.7 Å². The fraction of sp³-hybridized carbons (Fsp3) is 0.217. The molecule has 0 saturated carbocycles. The molecule has 0 spiro atoms. The summed E-state index contributed by atoms with van der Waals surface area (Å²) in [5.74, 6) is 1.08. The lowest BCUT2D eigenvalue weighted by atomic mass is 10.1. The molecule has 2 N–H and O–H groups in total. The van der Waals surface area contributed by atoms with E-state index in [0.29, 0.717) is 22.9 Å². The Hall–Kier alpha value is -3.12. The zero-order chi connectivity index (χ0) is 20.5. The third-order valence-electron chi connectivity index (χ3n) is 5.08. The van der Waals surface area contributed by atoms with Crippen LogP contribution in [-0.2, 0) is 0 Å². The van der Waals surface area contributed by atoms with Crippen molar-refractivity contribution in [2.45, 2.75) is 20.8 Å². The van der Waals surface area contributed by atoms with Gasteiger partial charge in [0.1, 0.15) is 22.4 Å². The lowest BCUT2D eigenvalue weighted by molar-refractivity contribution is 0.341. The Kier molecular flexibility index (Phi) is 5.11. The molecule has 0 radical (unpaired) electrons. The van der Waals surface area contributed by atoms with Crippen LogP contribution in [0.3, 0.4) is 0 Å². The number of hydrogen-bond donors (Lipinski definition) is 2. The van der Waals surface area contributed by atoms with Crippen molar-refractivity contribution in [2.75, 3.05) is 18.1 Å². The Morgan fingerprint density at radius 2 is 1.97 bits per heavy atom. The van der Waals surface area contributed by atoms with Crippen LogP contribution in [0.1, 0.15) is 23.1 Å². The summed E-state index contributed by atoms with van der Waals surface area (Å²) in [6, 6.07) is 13.8. The van der Waals surface area contributed by atoms with Gasteiger partial charge in [0.15, 0.2) is 0 Å². The van der Waals surface area contributed by atoms with Gasteiger partial charge in [-0.15, -0.1) is 11.3 Å². The Balaban J connectivity index is 1.65. The average Bonchev–Trinajstić information content (AvgIpc) is 3.29. The van der Waals surface area contributed by atoms with Crippen LogP contribution in [0.5, 0.6) is 5.75 Å².